The maximum atomic E-state index is 12.2. The Morgan fingerprint density at radius 3 is 2.69 bits per heavy atom. The number of amides is 1. The number of esters is 1. The first kappa shape index (κ1) is 18.8. The molecule has 2 aliphatic rings. The van der Waals surface area contributed by atoms with Gasteiger partial charge in [0, 0.05) is 18.2 Å². The molecule has 26 heavy (non-hydrogen) atoms. The van der Waals surface area contributed by atoms with Gasteiger partial charge in [-0.15, -0.1) is 0 Å². The van der Waals surface area contributed by atoms with Crippen LogP contribution in [-0.2, 0) is 9.53 Å². The Morgan fingerprint density at radius 1 is 1.38 bits per heavy atom. The summed E-state index contributed by atoms with van der Waals surface area (Å²) in [7, 11) is 1.71. The first-order valence-electron chi connectivity index (χ1n) is 8.87. The van der Waals surface area contributed by atoms with Gasteiger partial charge >= 0.3 is 5.97 Å². The molecule has 0 saturated heterocycles. The summed E-state index contributed by atoms with van der Waals surface area (Å²) < 4.78 is 9.24. The number of hydrogen-bond donors (Lipinski definition) is 2. The molecule has 7 nitrogen and oxygen atoms in total. The van der Waals surface area contributed by atoms with Crippen LogP contribution >= 0.6 is 11.5 Å². The summed E-state index contributed by atoms with van der Waals surface area (Å²) in [5.74, 6) is -0.367. The number of carbonyl (C=O) groups excluding carboxylic acids is 2. The zero-order chi connectivity index (χ0) is 19.1. The van der Waals surface area contributed by atoms with E-state index in [1.54, 1.807) is 14.0 Å². The van der Waals surface area contributed by atoms with E-state index in [-0.39, 0.29) is 17.4 Å². The van der Waals surface area contributed by atoms with Gasteiger partial charge < -0.3 is 10.1 Å². The van der Waals surface area contributed by atoms with Crippen LogP contribution in [0, 0.1) is 23.7 Å². The van der Waals surface area contributed by atoms with Gasteiger partial charge in [-0.05, 0) is 49.1 Å². The van der Waals surface area contributed by atoms with Gasteiger partial charge in [0.05, 0.1) is 5.69 Å². The molecular weight excluding hydrogens is 352 g/mol. The van der Waals surface area contributed by atoms with E-state index >= 15 is 0 Å². The molecule has 142 valence electrons. The largest absolute Gasteiger partial charge is 0.452 e. The Morgan fingerprint density at radius 2 is 2.12 bits per heavy atom. The van der Waals surface area contributed by atoms with Gasteiger partial charge in [-0.1, -0.05) is 20.8 Å². The lowest BCUT2D eigenvalue weighted by Crippen LogP contribution is -2.35. The molecule has 1 heterocycles. The zero-order valence-corrected chi connectivity index (χ0v) is 16.7. The maximum absolute atomic E-state index is 12.2. The summed E-state index contributed by atoms with van der Waals surface area (Å²) >= 11 is 1.19. The third-order valence-electron chi connectivity index (χ3n) is 6.46. The second-order valence-electron chi connectivity index (χ2n) is 7.89. The zero-order valence-electron chi connectivity index (χ0n) is 15.9. The van der Waals surface area contributed by atoms with Crippen LogP contribution in [0.1, 0.15) is 56.1 Å². The lowest BCUT2D eigenvalue weighted by atomic mass is 9.70. The van der Waals surface area contributed by atoms with E-state index in [0.29, 0.717) is 22.2 Å². The fourth-order valence-electron chi connectivity index (χ4n) is 4.24. The molecule has 1 aromatic heterocycles. The van der Waals surface area contributed by atoms with Crippen molar-refractivity contribution in [3.8, 4) is 0 Å². The molecule has 0 aromatic carbocycles. The minimum atomic E-state index is -0.559. The van der Waals surface area contributed by atoms with E-state index in [1.165, 1.54) is 18.0 Å². The van der Waals surface area contributed by atoms with Gasteiger partial charge in [0.1, 0.15) is 10.6 Å². The fraction of sp³-hybridized carbons (Fsp3) is 0.667. The summed E-state index contributed by atoms with van der Waals surface area (Å²) in [5, 5.41) is 7.91. The number of aromatic nitrogens is 1. The van der Waals surface area contributed by atoms with Crippen LogP contribution in [0.2, 0.25) is 0 Å². The highest BCUT2D eigenvalue weighted by Gasteiger charge is 2.60. The van der Waals surface area contributed by atoms with Gasteiger partial charge in [0.2, 0.25) is 0 Å². The number of nitrogens with zero attached hydrogens (tertiary/aromatic N) is 2. The topological polar surface area (TPSA) is 92.7 Å². The number of nitrogens with one attached hydrogen (secondary N) is 2. The van der Waals surface area contributed by atoms with Crippen LogP contribution in [0.5, 0.6) is 0 Å². The summed E-state index contributed by atoms with van der Waals surface area (Å²) in [6.07, 6.45) is 3.25. The smallest absolute Gasteiger partial charge is 0.343 e. The molecule has 3 rings (SSSR count). The van der Waals surface area contributed by atoms with E-state index in [2.05, 4.69) is 41.0 Å². The van der Waals surface area contributed by atoms with Crippen molar-refractivity contribution in [2.75, 3.05) is 19.0 Å². The number of anilines is 1. The lowest BCUT2D eigenvalue weighted by molar-refractivity contribution is -0.124. The van der Waals surface area contributed by atoms with Crippen molar-refractivity contribution < 1.29 is 14.3 Å². The Balaban J connectivity index is 1.57. The Kier molecular flexibility index (Phi) is 4.81. The van der Waals surface area contributed by atoms with Gasteiger partial charge in [-0.2, -0.15) is 9.47 Å². The monoisotopic (exact) mass is 378 g/mol. The molecule has 2 N–H and O–H groups in total. The fourth-order valence-corrected chi connectivity index (χ4v) is 4.98. The van der Waals surface area contributed by atoms with Crippen LogP contribution in [0.3, 0.4) is 0 Å². The van der Waals surface area contributed by atoms with Crippen LogP contribution in [0.25, 0.3) is 0 Å². The van der Waals surface area contributed by atoms with E-state index in [1.807, 2.05) is 0 Å². The number of carbonyl (C=O) groups is 2. The van der Waals surface area contributed by atoms with Crippen LogP contribution in [0.15, 0.2) is 5.10 Å². The molecule has 2 saturated carbocycles. The van der Waals surface area contributed by atoms with Crippen LogP contribution in [0.4, 0.5) is 5.00 Å². The third kappa shape index (κ3) is 2.90. The highest BCUT2D eigenvalue weighted by molar-refractivity contribution is 7.10. The van der Waals surface area contributed by atoms with Crippen molar-refractivity contribution in [1.82, 2.24) is 9.80 Å². The second-order valence-corrected chi connectivity index (χ2v) is 8.66. The standard InChI is InChI=1S/C18H26N4O3S/c1-10-14(15(19-5)26-22-10)16(24)25-9-13(23)21-20-12-8-11-6-7-18(12,4)17(11,2)3/h11,19H,6-9H2,1-5H3,(H,21,23)/b20-12-. The molecule has 2 atom stereocenters. The molecule has 1 amide bonds. The number of ether oxygens (including phenoxy) is 1. The summed E-state index contributed by atoms with van der Waals surface area (Å²) in [6, 6.07) is 0. The van der Waals surface area contributed by atoms with Crippen LogP contribution in [-0.4, -0.2) is 35.6 Å². The predicted octanol–water partition coefficient (Wildman–Crippen LogP) is 2.97. The van der Waals surface area contributed by atoms with Gasteiger partial charge in [0.25, 0.3) is 5.91 Å². The molecule has 1 aromatic rings. The molecular formula is C18H26N4O3S. The summed E-state index contributed by atoms with van der Waals surface area (Å²) in [6.45, 7) is 8.17. The number of hydrazone groups is 1. The van der Waals surface area contributed by atoms with E-state index in [0.717, 1.165) is 18.6 Å². The van der Waals surface area contributed by atoms with Crippen molar-refractivity contribution >= 4 is 34.1 Å². The molecule has 0 radical (unpaired) electrons. The third-order valence-corrected chi connectivity index (χ3v) is 7.41. The molecule has 2 aliphatic carbocycles. The average Bonchev–Trinajstić information content (AvgIpc) is 3.14. The predicted molar refractivity (Wildman–Crippen MR) is 101 cm³/mol. The second kappa shape index (κ2) is 6.64. The first-order chi connectivity index (χ1) is 12.2. The maximum Gasteiger partial charge on any atom is 0.343 e. The number of aryl methyl sites for hydroxylation is 1. The molecule has 2 bridgehead atoms. The molecule has 0 aliphatic heterocycles. The Bertz CT molecular complexity index is 770. The van der Waals surface area contributed by atoms with Crippen LogP contribution < -0.4 is 10.7 Å². The Labute approximate surface area is 157 Å². The number of rotatable bonds is 5. The highest BCUT2D eigenvalue weighted by atomic mass is 32.1. The minimum Gasteiger partial charge on any atom is -0.452 e. The lowest BCUT2D eigenvalue weighted by Gasteiger charge is -2.34. The molecule has 2 fully saturated rings. The van der Waals surface area contributed by atoms with Crippen molar-refractivity contribution in [3.63, 3.8) is 0 Å². The summed E-state index contributed by atoms with van der Waals surface area (Å²) in [5.41, 5.74) is 4.80. The normalized spacial score (nSPS) is 27.6. The first-order valence-corrected chi connectivity index (χ1v) is 9.65. The quantitative estimate of drug-likeness (QED) is 0.607. The minimum absolute atomic E-state index is 0.0305. The highest BCUT2D eigenvalue weighted by Crippen LogP contribution is 2.63. The van der Waals surface area contributed by atoms with Gasteiger partial charge in [-0.3, -0.25) is 4.79 Å². The average molecular weight is 378 g/mol. The van der Waals surface area contributed by atoms with Crippen molar-refractivity contribution in [3.05, 3.63) is 11.3 Å². The van der Waals surface area contributed by atoms with E-state index < -0.39 is 11.9 Å². The molecule has 0 spiro atoms. The summed E-state index contributed by atoms with van der Waals surface area (Å²) in [4.78, 5) is 24.3. The van der Waals surface area contributed by atoms with E-state index in [9.17, 15) is 9.59 Å². The van der Waals surface area contributed by atoms with Gasteiger partial charge in [-0.25, -0.2) is 10.2 Å². The van der Waals surface area contributed by atoms with E-state index in [4.69, 9.17) is 4.74 Å². The Hall–Kier alpha value is -1.96. The van der Waals surface area contributed by atoms with Crippen molar-refractivity contribution in [2.45, 2.75) is 47.0 Å². The molecule has 8 heteroatoms. The van der Waals surface area contributed by atoms with Crippen molar-refractivity contribution in [2.24, 2.45) is 21.8 Å². The van der Waals surface area contributed by atoms with Crippen molar-refractivity contribution in [1.29, 1.82) is 0 Å². The number of fused-ring (bicyclic) bond motifs is 2. The molecule has 2 unspecified atom stereocenters. The van der Waals surface area contributed by atoms with Gasteiger partial charge in [0.15, 0.2) is 6.61 Å². The number of hydrogen-bond acceptors (Lipinski definition) is 7. The SMILES string of the molecule is CNc1snc(C)c1C(=O)OCC(=O)N/N=C1/CC2CCC1(C)C2(C)C.